The molecular weight excluding hydrogens is 361 g/mol. The number of hydrogen-bond acceptors (Lipinski definition) is 4. The van der Waals surface area contributed by atoms with Crippen LogP contribution in [0.4, 0.5) is 23.7 Å². The van der Waals surface area contributed by atoms with Crippen LogP contribution in [0, 0.1) is 6.92 Å². The first kappa shape index (κ1) is 17.8. The van der Waals surface area contributed by atoms with E-state index in [4.69, 9.17) is 4.52 Å². The number of alkyl halides is 3. The number of nitrogens with one attached hydrogen (secondary N) is 1. The summed E-state index contributed by atoms with van der Waals surface area (Å²) in [5, 5.41) is 6.56. The number of urea groups is 1. The van der Waals surface area contributed by atoms with Crippen molar-refractivity contribution in [2.45, 2.75) is 56.8 Å². The van der Waals surface area contributed by atoms with Crippen molar-refractivity contribution in [2.75, 3.05) is 5.32 Å². The maximum atomic E-state index is 12.7. The molecule has 2 saturated heterocycles. The van der Waals surface area contributed by atoms with Crippen LogP contribution in [0.3, 0.4) is 0 Å². The second-order valence-electron chi connectivity index (χ2n) is 7.15. The number of carbonyl (C=O) groups is 1. The standard InChI is InChI=1S/C18H19F3N4O2/c1-10-22-16(27-24-10)11-8-14-6-7-15(9-11)25(14)17(26)23-13-4-2-12(3-5-13)18(19,20)21/h2-5,11,14-15H,6-9H2,1H3,(H,23,26). The van der Waals surface area contributed by atoms with E-state index in [1.54, 1.807) is 6.92 Å². The van der Waals surface area contributed by atoms with Crippen molar-refractivity contribution in [1.82, 2.24) is 15.0 Å². The smallest absolute Gasteiger partial charge is 0.339 e. The van der Waals surface area contributed by atoms with E-state index >= 15 is 0 Å². The molecule has 1 N–H and O–H groups in total. The first-order valence-corrected chi connectivity index (χ1v) is 8.88. The first-order chi connectivity index (χ1) is 12.8. The van der Waals surface area contributed by atoms with E-state index < -0.39 is 11.7 Å². The fourth-order valence-corrected chi connectivity index (χ4v) is 4.12. The number of piperidine rings is 1. The Morgan fingerprint density at radius 3 is 2.33 bits per heavy atom. The molecule has 27 heavy (non-hydrogen) atoms. The van der Waals surface area contributed by atoms with Crippen molar-refractivity contribution in [3.05, 3.63) is 41.5 Å². The summed E-state index contributed by atoms with van der Waals surface area (Å²) in [6, 6.07) is 4.34. The van der Waals surface area contributed by atoms with Crippen LogP contribution in [-0.2, 0) is 6.18 Å². The Morgan fingerprint density at radius 1 is 1.19 bits per heavy atom. The monoisotopic (exact) mass is 380 g/mol. The molecule has 0 radical (unpaired) electrons. The Morgan fingerprint density at radius 2 is 1.81 bits per heavy atom. The van der Waals surface area contributed by atoms with Gasteiger partial charge in [-0.05, 0) is 56.9 Å². The number of aryl methyl sites for hydroxylation is 1. The summed E-state index contributed by atoms with van der Waals surface area (Å²) in [6.45, 7) is 1.77. The van der Waals surface area contributed by atoms with Crippen molar-refractivity contribution in [1.29, 1.82) is 0 Å². The maximum absolute atomic E-state index is 12.7. The highest BCUT2D eigenvalue weighted by Gasteiger charge is 2.45. The highest BCUT2D eigenvalue weighted by Crippen LogP contribution is 2.43. The number of benzene rings is 1. The molecule has 2 amide bonds. The van der Waals surface area contributed by atoms with Gasteiger partial charge in [0.05, 0.1) is 5.56 Å². The van der Waals surface area contributed by atoms with E-state index in [2.05, 4.69) is 15.5 Å². The number of rotatable bonds is 2. The number of nitrogens with zero attached hydrogens (tertiary/aromatic N) is 3. The SMILES string of the molecule is Cc1noc(C2CC3CCC(C2)N3C(=O)Nc2ccc(C(F)(F)F)cc2)n1. The molecule has 1 aromatic carbocycles. The average molecular weight is 380 g/mol. The van der Waals surface area contributed by atoms with Gasteiger partial charge in [0, 0.05) is 23.7 Å². The zero-order chi connectivity index (χ0) is 19.2. The minimum Gasteiger partial charge on any atom is -0.339 e. The summed E-state index contributed by atoms with van der Waals surface area (Å²) in [6.07, 6.45) is -1.10. The molecule has 0 aliphatic carbocycles. The third kappa shape index (κ3) is 3.50. The van der Waals surface area contributed by atoms with Crippen LogP contribution < -0.4 is 5.32 Å². The van der Waals surface area contributed by atoms with Gasteiger partial charge in [-0.3, -0.25) is 0 Å². The van der Waals surface area contributed by atoms with Crippen molar-refractivity contribution >= 4 is 11.7 Å². The molecule has 4 rings (SSSR count). The van der Waals surface area contributed by atoms with Gasteiger partial charge in [0.25, 0.3) is 0 Å². The second-order valence-corrected chi connectivity index (χ2v) is 7.15. The molecule has 2 unspecified atom stereocenters. The molecular formula is C18H19F3N4O2. The number of amides is 2. The summed E-state index contributed by atoms with van der Waals surface area (Å²) in [4.78, 5) is 18.8. The molecule has 1 aromatic heterocycles. The predicted molar refractivity (Wildman–Crippen MR) is 90.1 cm³/mol. The molecule has 0 spiro atoms. The fraction of sp³-hybridized carbons (Fsp3) is 0.500. The third-order valence-electron chi connectivity index (χ3n) is 5.32. The quantitative estimate of drug-likeness (QED) is 0.841. The Hall–Kier alpha value is -2.58. The number of aromatic nitrogens is 2. The highest BCUT2D eigenvalue weighted by molar-refractivity contribution is 5.90. The van der Waals surface area contributed by atoms with Crippen LogP contribution in [0.5, 0.6) is 0 Å². The lowest BCUT2D eigenvalue weighted by Crippen LogP contribution is -2.48. The predicted octanol–water partition coefficient (Wildman–Crippen LogP) is 4.34. The van der Waals surface area contributed by atoms with Crippen LogP contribution >= 0.6 is 0 Å². The average Bonchev–Trinajstić information content (AvgIpc) is 3.15. The van der Waals surface area contributed by atoms with Gasteiger partial charge in [0.2, 0.25) is 5.89 Å². The van der Waals surface area contributed by atoms with E-state index in [-0.39, 0.29) is 24.0 Å². The molecule has 0 saturated carbocycles. The van der Waals surface area contributed by atoms with Gasteiger partial charge < -0.3 is 14.7 Å². The minimum atomic E-state index is -4.39. The number of hydrogen-bond donors (Lipinski definition) is 1. The van der Waals surface area contributed by atoms with Gasteiger partial charge in [-0.2, -0.15) is 18.2 Å². The summed E-state index contributed by atoms with van der Waals surface area (Å²) in [5.74, 6) is 1.35. The van der Waals surface area contributed by atoms with Gasteiger partial charge in [0.1, 0.15) is 0 Å². The minimum absolute atomic E-state index is 0.0652. The van der Waals surface area contributed by atoms with E-state index in [1.807, 2.05) is 4.90 Å². The van der Waals surface area contributed by atoms with Gasteiger partial charge in [0.15, 0.2) is 5.82 Å². The Balaban J connectivity index is 1.43. The summed E-state index contributed by atoms with van der Waals surface area (Å²) in [5.41, 5.74) is -0.390. The number of anilines is 1. The lowest BCUT2D eigenvalue weighted by molar-refractivity contribution is -0.137. The first-order valence-electron chi connectivity index (χ1n) is 8.88. The number of fused-ring (bicyclic) bond motifs is 2. The largest absolute Gasteiger partial charge is 0.416 e. The molecule has 2 bridgehead atoms. The highest BCUT2D eigenvalue weighted by atomic mass is 19.4. The third-order valence-corrected chi connectivity index (χ3v) is 5.32. The Kier molecular flexibility index (Phi) is 4.32. The van der Waals surface area contributed by atoms with Crippen LogP contribution in [0.15, 0.2) is 28.8 Å². The molecule has 2 aromatic rings. The van der Waals surface area contributed by atoms with Gasteiger partial charge in [-0.25, -0.2) is 4.79 Å². The van der Waals surface area contributed by atoms with Crippen molar-refractivity contribution < 1.29 is 22.5 Å². The van der Waals surface area contributed by atoms with Crippen molar-refractivity contribution in [2.24, 2.45) is 0 Å². The summed E-state index contributed by atoms with van der Waals surface area (Å²) < 4.78 is 43.2. The Bertz CT molecular complexity index is 820. The topological polar surface area (TPSA) is 71.3 Å². The van der Waals surface area contributed by atoms with Crippen molar-refractivity contribution in [3.63, 3.8) is 0 Å². The maximum Gasteiger partial charge on any atom is 0.416 e. The zero-order valence-electron chi connectivity index (χ0n) is 14.7. The van der Waals surface area contributed by atoms with E-state index in [0.29, 0.717) is 17.4 Å². The molecule has 6 nitrogen and oxygen atoms in total. The molecule has 2 atom stereocenters. The van der Waals surface area contributed by atoms with Gasteiger partial charge >= 0.3 is 12.2 Å². The van der Waals surface area contributed by atoms with Gasteiger partial charge in [-0.1, -0.05) is 5.16 Å². The summed E-state index contributed by atoms with van der Waals surface area (Å²) >= 11 is 0. The molecule has 2 aliphatic rings. The zero-order valence-corrected chi connectivity index (χ0v) is 14.7. The van der Waals surface area contributed by atoms with E-state index in [9.17, 15) is 18.0 Å². The number of halogens is 3. The summed E-state index contributed by atoms with van der Waals surface area (Å²) in [7, 11) is 0. The molecule has 9 heteroatoms. The van der Waals surface area contributed by atoms with E-state index in [1.165, 1.54) is 12.1 Å². The van der Waals surface area contributed by atoms with Crippen molar-refractivity contribution in [3.8, 4) is 0 Å². The normalized spacial score (nSPS) is 24.9. The molecule has 2 aliphatic heterocycles. The van der Waals surface area contributed by atoms with Gasteiger partial charge in [-0.15, -0.1) is 0 Å². The molecule has 144 valence electrons. The number of carbonyl (C=O) groups excluding carboxylic acids is 1. The lowest BCUT2D eigenvalue weighted by atomic mass is 9.91. The van der Waals surface area contributed by atoms with E-state index in [0.717, 1.165) is 37.8 Å². The van der Waals surface area contributed by atoms with Crippen LogP contribution in [0.1, 0.15) is 48.9 Å². The van der Waals surface area contributed by atoms with Crippen LogP contribution in [0.25, 0.3) is 0 Å². The fourth-order valence-electron chi connectivity index (χ4n) is 4.12. The second kappa shape index (κ2) is 6.54. The Labute approximate surface area is 153 Å². The lowest BCUT2D eigenvalue weighted by Gasteiger charge is -2.37. The molecule has 2 fully saturated rings. The molecule has 3 heterocycles. The van der Waals surface area contributed by atoms with Crippen LogP contribution in [0.2, 0.25) is 0 Å². The van der Waals surface area contributed by atoms with Crippen LogP contribution in [-0.4, -0.2) is 33.2 Å².